The van der Waals surface area contributed by atoms with Crippen molar-refractivity contribution in [2.45, 2.75) is 69.9 Å². The van der Waals surface area contributed by atoms with Crippen LogP contribution in [0.3, 0.4) is 0 Å². The summed E-state index contributed by atoms with van der Waals surface area (Å²) in [6.45, 7) is 5.20. The number of rotatable bonds is 6. The molecule has 6 rings (SSSR count). The van der Waals surface area contributed by atoms with E-state index < -0.39 is 17.3 Å². The lowest BCUT2D eigenvalue weighted by molar-refractivity contribution is -0.141. The lowest BCUT2D eigenvalue weighted by Gasteiger charge is -2.26. The molecular weight excluding hydrogens is 595 g/mol. The van der Waals surface area contributed by atoms with Crippen LogP contribution in [0.5, 0.6) is 11.5 Å². The van der Waals surface area contributed by atoms with Crippen molar-refractivity contribution in [3.63, 3.8) is 0 Å². The van der Waals surface area contributed by atoms with Crippen molar-refractivity contribution in [2.24, 2.45) is 17.8 Å². The molecule has 2 aromatic heterocycles. The number of ether oxygens (including phenoxy) is 2. The second kappa shape index (κ2) is 12.7. The zero-order chi connectivity index (χ0) is 31.9. The number of carbonyl (C=O) groups is 2. The smallest absolute Gasteiger partial charge is 0.324 e. The molecular formula is C34H41FN4O5S. The Morgan fingerprint density at radius 1 is 1.22 bits per heavy atom. The van der Waals surface area contributed by atoms with Gasteiger partial charge in [-0.2, -0.15) is 0 Å². The fourth-order valence-corrected chi connectivity index (χ4v) is 7.68. The summed E-state index contributed by atoms with van der Waals surface area (Å²) < 4.78 is 27.5. The number of aromatic nitrogens is 2. The van der Waals surface area contributed by atoms with Gasteiger partial charge in [-0.3, -0.25) is 9.59 Å². The fourth-order valence-electron chi connectivity index (χ4n) is 6.74. The number of thiazole rings is 1. The third kappa shape index (κ3) is 6.16. The first-order valence-corrected chi connectivity index (χ1v) is 16.7. The zero-order valence-corrected chi connectivity index (χ0v) is 27.0. The van der Waals surface area contributed by atoms with Crippen molar-refractivity contribution in [2.75, 3.05) is 27.2 Å². The van der Waals surface area contributed by atoms with Gasteiger partial charge in [0, 0.05) is 42.3 Å². The minimum Gasteiger partial charge on any atom is -0.494 e. The van der Waals surface area contributed by atoms with Crippen LogP contribution in [0, 0.1) is 23.6 Å². The molecule has 3 aromatic rings. The third-order valence-electron chi connectivity index (χ3n) is 9.60. The zero-order valence-electron chi connectivity index (χ0n) is 26.2. The van der Waals surface area contributed by atoms with Crippen molar-refractivity contribution in [1.29, 1.82) is 0 Å². The number of aliphatic carboxylic acids is 1. The number of amides is 1. The Morgan fingerprint density at radius 3 is 2.78 bits per heavy atom. The lowest BCUT2D eigenvalue weighted by Crippen LogP contribution is -2.45. The van der Waals surface area contributed by atoms with Gasteiger partial charge in [0.1, 0.15) is 27.5 Å². The van der Waals surface area contributed by atoms with Crippen molar-refractivity contribution >= 4 is 34.1 Å². The maximum Gasteiger partial charge on any atom is 0.324 e. The number of nitrogens with one attached hydrogen (secondary N) is 1. The quantitative estimate of drug-likeness (QED) is 0.315. The minimum absolute atomic E-state index is 0.0530. The number of nitrogens with zero attached hydrogens (tertiary/aromatic N) is 3. The van der Waals surface area contributed by atoms with E-state index in [9.17, 15) is 14.7 Å². The number of carboxylic acids is 1. The van der Waals surface area contributed by atoms with E-state index in [1.54, 1.807) is 17.0 Å². The molecule has 0 radical (unpaired) electrons. The number of carboxylic acid groups (broad SMARTS) is 1. The second-order valence-electron chi connectivity index (χ2n) is 12.9. The van der Waals surface area contributed by atoms with Crippen LogP contribution in [0.15, 0.2) is 35.7 Å². The number of hydrogen-bond donors (Lipinski definition) is 2. The Labute approximate surface area is 266 Å². The Hall–Kier alpha value is -3.57. The molecule has 0 bridgehead atoms. The normalized spacial score (nSPS) is 28.0. The van der Waals surface area contributed by atoms with Crippen LogP contribution in [-0.2, 0) is 9.59 Å². The monoisotopic (exact) mass is 636 g/mol. The van der Waals surface area contributed by atoms with E-state index in [1.165, 1.54) is 18.4 Å². The van der Waals surface area contributed by atoms with Gasteiger partial charge in [0.2, 0.25) is 5.91 Å². The number of methoxy groups -OCH3 is 1. The lowest BCUT2D eigenvalue weighted by atomic mass is 9.93. The summed E-state index contributed by atoms with van der Waals surface area (Å²) in [5, 5.41) is 16.6. The van der Waals surface area contributed by atoms with Gasteiger partial charge in [0.15, 0.2) is 11.6 Å². The van der Waals surface area contributed by atoms with E-state index in [1.807, 2.05) is 24.6 Å². The van der Waals surface area contributed by atoms with Gasteiger partial charge >= 0.3 is 5.97 Å². The summed E-state index contributed by atoms with van der Waals surface area (Å²) in [6, 6.07) is 5.11. The standard InChI is InChI=1S/C34H41FN4O5S/c1-19(2)26-18-45-31(38-26)25-15-28(23-10-11-27(43-4)29(35)30(23)37-25)44-22-13-20-17-36-34(33(41)42)16-21(34)9-7-5-6-8-12-39(3)32(40)24(20)14-22/h7,9-11,15,18-22,24,36H,5-6,8,12-14,16-17H2,1-4H3,(H,41,42)/b9-7-/t20-,21+,22+,24+,34+/m0/s1. The minimum atomic E-state index is -0.992. The number of allylic oxidation sites excluding steroid dienone is 1. The highest BCUT2D eigenvalue weighted by Gasteiger charge is 2.59. The van der Waals surface area contributed by atoms with Crippen LogP contribution in [0.25, 0.3) is 21.6 Å². The van der Waals surface area contributed by atoms with Gasteiger partial charge in [-0.1, -0.05) is 26.0 Å². The number of benzene rings is 1. The van der Waals surface area contributed by atoms with Crippen LogP contribution in [0.2, 0.25) is 0 Å². The maximum absolute atomic E-state index is 15.6. The molecule has 2 aliphatic carbocycles. The summed E-state index contributed by atoms with van der Waals surface area (Å²) in [5.41, 5.74) is 0.583. The molecule has 9 nitrogen and oxygen atoms in total. The fraction of sp³-hybridized carbons (Fsp3) is 0.529. The predicted molar refractivity (Wildman–Crippen MR) is 171 cm³/mol. The van der Waals surface area contributed by atoms with Crippen LogP contribution < -0.4 is 14.8 Å². The van der Waals surface area contributed by atoms with Crippen LogP contribution in [0.1, 0.15) is 64.0 Å². The Kier molecular flexibility index (Phi) is 8.85. The number of pyridine rings is 1. The molecule has 2 N–H and O–H groups in total. The Balaban J connectivity index is 1.32. The molecule has 3 heterocycles. The number of fused-ring (bicyclic) bond motifs is 3. The summed E-state index contributed by atoms with van der Waals surface area (Å²) in [5.74, 6) is -1.09. The van der Waals surface area contributed by atoms with Gasteiger partial charge in [-0.25, -0.2) is 14.4 Å². The first-order valence-electron chi connectivity index (χ1n) is 15.8. The first-order chi connectivity index (χ1) is 21.6. The second-order valence-corrected chi connectivity index (χ2v) is 13.8. The highest BCUT2D eigenvalue weighted by molar-refractivity contribution is 7.13. The summed E-state index contributed by atoms with van der Waals surface area (Å²) in [6.07, 6.45) is 8.03. The topological polar surface area (TPSA) is 114 Å². The molecule has 1 aliphatic heterocycles. The Bertz CT molecular complexity index is 1630. The van der Waals surface area contributed by atoms with Crippen LogP contribution in [0.4, 0.5) is 4.39 Å². The van der Waals surface area contributed by atoms with E-state index in [-0.39, 0.29) is 46.9 Å². The summed E-state index contributed by atoms with van der Waals surface area (Å²) in [7, 11) is 3.26. The Morgan fingerprint density at radius 2 is 2.04 bits per heavy atom. The van der Waals surface area contributed by atoms with Crippen molar-refractivity contribution < 1.29 is 28.6 Å². The molecule has 2 fully saturated rings. The number of halogens is 1. The van der Waals surface area contributed by atoms with Gasteiger partial charge in [0.25, 0.3) is 0 Å². The molecule has 1 aromatic carbocycles. The first kappa shape index (κ1) is 31.4. The molecule has 0 unspecified atom stereocenters. The SMILES string of the molecule is COc1ccc2c(O[C@@H]3C[C@H]4CN[C@]5(C(=O)O)C[C@H]5/C=C\CCCCN(C)C(=O)[C@@H]4C3)cc(-c3nc(C(C)C)cs3)nc2c1F. The molecule has 1 amide bonds. The van der Waals surface area contributed by atoms with E-state index >= 15 is 4.39 Å². The maximum atomic E-state index is 15.6. The molecule has 11 heteroatoms. The molecule has 0 saturated heterocycles. The average molecular weight is 637 g/mol. The van der Waals surface area contributed by atoms with E-state index in [4.69, 9.17) is 14.5 Å². The molecule has 45 heavy (non-hydrogen) atoms. The summed E-state index contributed by atoms with van der Waals surface area (Å²) in [4.78, 5) is 37.3. The van der Waals surface area contributed by atoms with Gasteiger partial charge in [-0.05, 0) is 69.0 Å². The molecule has 240 valence electrons. The number of hydrogen-bond acceptors (Lipinski definition) is 8. The highest BCUT2D eigenvalue weighted by Crippen LogP contribution is 2.46. The van der Waals surface area contributed by atoms with Gasteiger partial charge in [-0.15, -0.1) is 11.3 Å². The molecule has 2 saturated carbocycles. The largest absolute Gasteiger partial charge is 0.494 e. The van der Waals surface area contributed by atoms with Crippen molar-refractivity contribution in [3.8, 4) is 22.2 Å². The van der Waals surface area contributed by atoms with E-state index in [2.05, 4.69) is 30.2 Å². The van der Waals surface area contributed by atoms with Gasteiger partial charge < -0.3 is 24.8 Å². The van der Waals surface area contributed by atoms with Crippen molar-refractivity contribution in [1.82, 2.24) is 20.2 Å². The average Bonchev–Trinajstić information content (AvgIpc) is 3.31. The third-order valence-corrected chi connectivity index (χ3v) is 10.5. The van der Waals surface area contributed by atoms with Crippen LogP contribution >= 0.6 is 11.3 Å². The molecule has 3 aliphatic rings. The van der Waals surface area contributed by atoms with E-state index in [0.29, 0.717) is 54.2 Å². The number of carbonyl (C=O) groups excluding carboxylic acids is 1. The van der Waals surface area contributed by atoms with E-state index in [0.717, 1.165) is 25.0 Å². The van der Waals surface area contributed by atoms with Gasteiger partial charge in [0.05, 0.1) is 18.9 Å². The molecule has 5 atom stereocenters. The van der Waals surface area contributed by atoms with Crippen LogP contribution in [-0.4, -0.2) is 70.7 Å². The highest BCUT2D eigenvalue weighted by atomic mass is 32.1. The molecule has 0 spiro atoms. The summed E-state index contributed by atoms with van der Waals surface area (Å²) >= 11 is 1.45. The van der Waals surface area contributed by atoms with Crippen molar-refractivity contribution in [3.05, 3.63) is 47.2 Å². The predicted octanol–water partition coefficient (Wildman–Crippen LogP) is 6.03.